The molecule has 0 N–H and O–H groups in total. The van der Waals surface area contributed by atoms with E-state index >= 15 is 0 Å². The van der Waals surface area contributed by atoms with Crippen molar-refractivity contribution in [3.05, 3.63) is 128 Å². The normalized spacial score (nSPS) is 16.0. The van der Waals surface area contributed by atoms with E-state index in [1.54, 1.807) is 0 Å². The van der Waals surface area contributed by atoms with Gasteiger partial charge < -0.3 is 18.6 Å². The molecule has 0 saturated carbocycles. The van der Waals surface area contributed by atoms with Crippen LogP contribution < -0.4 is 4.74 Å². The molecule has 0 spiro atoms. The van der Waals surface area contributed by atoms with Crippen molar-refractivity contribution in [1.29, 1.82) is 0 Å². The van der Waals surface area contributed by atoms with Gasteiger partial charge in [-0.1, -0.05) is 78.9 Å². The molecule has 1 unspecified atom stereocenters. The fourth-order valence-electron chi connectivity index (χ4n) is 4.49. The van der Waals surface area contributed by atoms with Crippen LogP contribution in [-0.4, -0.2) is 15.0 Å². The van der Waals surface area contributed by atoms with Gasteiger partial charge in [-0.2, -0.15) is 12.8 Å². The average Bonchev–Trinajstić information content (AvgIpc) is 3.16. The van der Waals surface area contributed by atoms with E-state index in [2.05, 4.69) is 48.9 Å². The van der Waals surface area contributed by atoms with Crippen molar-refractivity contribution in [3.8, 4) is 28.5 Å². The Bertz CT molecular complexity index is 1370. The molecule has 5 heteroatoms. The van der Waals surface area contributed by atoms with Gasteiger partial charge in [0.25, 0.3) is 0 Å². The molecule has 0 bridgehead atoms. The molecule has 2 heterocycles. The topological polar surface area (TPSA) is 47.9 Å². The fraction of sp³-hybridized carbons (Fsp3) is 0.129. The fourth-order valence-corrected chi connectivity index (χ4v) is 4.49. The molecular weight excluding hydrogens is 485 g/mol. The summed E-state index contributed by atoms with van der Waals surface area (Å²) < 4.78 is 6.26. The maximum atomic E-state index is 6.26. The quantitative estimate of drug-likeness (QED) is 0.213. The molecule has 4 aromatic rings. The molecule has 3 aromatic carbocycles. The van der Waals surface area contributed by atoms with E-state index in [0.717, 1.165) is 41.7 Å². The summed E-state index contributed by atoms with van der Waals surface area (Å²) in [5, 5.41) is 0. The van der Waals surface area contributed by atoms with Crippen LogP contribution in [-0.2, 0) is 23.5 Å². The van der Waals surface area contributed by atoms with E-state index in [1.807, 2.05) is 54.6 Å². The van der Waals surface area contributed by atoms with Crippen LogP contribution in [0.4, 0.5) is 0 Å². The van der Waals surface area contributed by atoms with Gasteiger partial charge in [-0.15, -0.1) is 12.2 Å². The molecule has 1 aliphatic carbocycles. The summed E-state index contributed by atoms with van der Waals surface area (Å²) in [5.74, 6) is 2.89. The first kappa shape index (κ1) is 25.6. The Morgan fingerprint density at radius 2 is 1.47 bits per heavy atom. The molecule has 1 aromatic heterocycles. The van der Waals surface area contributed by atoms with Crippen LogP contribution in [0.2, 0.25) is 0 Å². The molecule has 4 nitrogen and oxygen atoms in total. The van der Waals surface area contributed by atoms with Crippen LogP contribution in [0.15, 0.2) is 97.1 Å². The molecule has 0 amide bonds. The van der Waals surface area contributed by atoms with Crippen molar-refractivity contribution in [2.75, 3.05) is 0 Å². The van der Waals surface area contributed by atoms with Gasteiger partial charge in [-0.25, -0.2) is 15.0 Å². The molecule has 0 saturated heterocycles. The molecule has 1 aliphatic heterocycles. The monoisotopic (exact) mass is 512 g/mol. The van der Waals surface area contributed by atoms with E-state index in [1.165, 1.54) is 11.1 Å². The third-order valence-corrected chi connectivity index (χ3v) is 6.20. The predicted molar refractivity (Wildman–Crippen MR) is 141 cm³/mol. The molecule has 179 valence electrons. The third-order valence-electron chi connectivity index (χ3n) is 6.20. The zero-order valence-electron chi connectivity index (χ0n) is 20.1. The van der Waals surface area contributed by atoms with Gasteiger partial charge in [0.05, 0.1) is 0 Å². The molecule has 1 atom stereocenters. The van der Waals surface area contributed by atoms with Gasteiger partial charge in [0.15, 0.2) is 23.6 Å². The Balaban J connectivity index is 0.00000152. The predicted octanol–water partition coefficient (Wildman–Crippen LogP) is 7.27. The number of allylic oxidation sites excluding steroid dienone is 4. The van der Waals surface area contributed by atoms with Crippen molar-refractivity contribution in [3.63, 3.8) is 0 Å². The van der Waals surface area contributed by atoms with Gasteiger partial charge >= 0.3 is 17.1 Å². The molecular formula is C31H27MnN3O. The summed E-state index contributed by atoms with van der Waals surface area (Å²) >= 11 is 0. The SMILES string of the molecule is C1=CC(c2ccccc2-c2nc(-c3ccccc3)nc(C3Cc4ccccc4O3)n2)=CC[CH-]C1.[CH3-].[Mn+2]. The standard InChI is InChI=1S/C30H24N3O.CH3.Mn/c1-2-5-13-21(12-4-1)24-17-9-10-18-25(24)29-31-28(22-14-6-3-7-15-22)32-30(33-29)27-20-23-16-8-11-19-26(23)34-27;;/h1,3,5-19,27H,2,4,20H2;1H3;/q2*-1;+2. The summed E-state index contributed by atoms with van der Waals surface area (Å²) in [6.45, 7) is 0. The Labute approximate surface area is 223 Å². The molecule has 0 fully saturated rings. The van der Waals surface area contributed by atoms with Gasteiger partial charge in [0.2, 0.25) is 0 Å². The summed E-state index contributed by atoms with van der Waals surface area (Å²) in [6, 6.07) is 26.6. The second-order valence-corrected chi connectivity index (χ2v) is 8.49. The number of hydrogen-bond acceptors (Lipinski definition) is 4. The van der Waals surface area contributed by atoms with Crippen LogP contribution in [0.3, 0.4) is 0 Å². The number of nitrogens with zero attached hydrogens (tertiary/aromatic N) is 3. The molecule has 1 radical (unpaired) electrons. The minimum atomic E-state index is -0.236. The molecule has 6 rings (SSSR count). The molecule has 36 heavy (non-hydrogen) atoms. The van der Waals surface area contributed by atoms with Gasteiger partial charge in [-0.05, 0) is 22.8 Å². The van der Waals surface area contributed by atoms with Crippen LogP contribution in [0.5, 0.6) is 5.75 Å². The van der Waals surface area contributed by atoms with Crippen molar-refractivity contribution >= 4 is 5.57 Å². The van der Waals surface area contributed by atoms with Crippen LogP contribution >= 0.6 is 0 Å². The largest absolute Gasteiger partial charge is 2.00 e. The second-order valence-electron chi connectivity index (χ2n) is 8.49. The Morgan fingerprint density at radius 3 is 2.31 bits per heavy atom. The number of fused-ring (bicyclic) bond motifs is 1. The first-order valence-corrected chi connectivity index (χ1v) is 11.7. The number of para-hydroxylation sites is 1. The van der Waals surface area contributed by atoms with Crippen molar-refractivity contribution in [1.82, 2.24) is 15.0 Å². The summed E-state index contributed by atoms with van der Waals surface area (Å²) in [6.07, 6.45) is 11.4. The maximum Gasteiger partial charge on any atom is 2.00 e. The molecule has 2 aliphatic rings. The van der Waals surface area contributed by atoms with E-state index in [4.69, 9.17) is 19.7 Å². The zero-order chi connectivity index (χ0) is 22.7. The maximum absolute atomic E-state index is 6.26. The summed E-state index contributed by atoms with van der Waals surface area (Å²) in [4.78, 5) is 14.8. The first-order valence-electron chi connectivity index (χ1n) is 11.7. The minimum absolute atomic E-state index is 0. The van der Waals surface area contributed by atoms with Crippen LogP contribution in [0.1, 0.15) is 35.9 Å². The van der Waals surface area contributed by atoms with Gasteiger partial charge in [0.1, 0.15) is 5.75 Å². The Morgan fingerprint density at radius 1 is 0.750 bits per heavy atom. The second kappa shape index (κ2) is 11.5. The Hall–Kier alpha value is -3.53. The van der Waals surface area contributed by atoms with E-state index in [0.29, 0.717) is 17.5 Å². The van der Waals surface area contributed by atoms with E-state index in [-0.39, 0.29) is 30.6 Å². The van der Waals surface area contributed by atoms with Crippen molar-refractivity contribution in [2.24, 2.45) is 0 Å². The average molecular weight is 513 g/mol. The van der Waals surface area contributed by atoms with E-state index < -0.39 is 0 Å². The van der Waals surface area contributed by atoms with E-state index in [9.17, 15) is 0 Å². The van der Waals surface area contributed by atoms with Crippen molar-refractivity contribution in [2.45, 2.75) is 25.4 Å². The van der Waals surface area contributed by atoms with Gasteiger partial charge in [-0.3, -0.25) is 0 Å². The minimum Gasteiger partial charge on any atom is -0.482 e. The smallest absolute Gasteiger partial charge is 0.482 e. The number of ether oxygens (including phenoxy) is 1. The first-order chi connectivity index (χ1) is 16.8. The zero-order valence-corrected chi connectivity index (χ0v) is 21.3. The Kier molecular flexibility index (Phi) is 8.14. The number of benzene rings is 3. The number of aromatic nitrogens is 3. The summed E-state index contributed by atoms with van der Waals surface area (Å²) in [7, 11) is 0. The number of rotatable bonds is 4. The van der Waals surface area contributed by atoms with Crippen molar-refractivity contribution < 1.29 is 21.8 Å². The third kappa shape index (κ3) is 5.18. The van der Waals surface area contributed by atoms with Crippen LogP contribution in [0, 0.1) is 13.8 Å². The summed E-state index contributed by atoms with van der Waals surface area (Å²) in [5.41, 5.74) is 5.46. The van der Waals surface area contributed by atoms with Crippen LogP contribution in [0.25, 0.3) is 28.3 Å². The number of hydrogen-bond donors (Lipinski definition) is 0. The van der Waals surface area contributed by atoms with Gasteiger partial charge in [0, 0.05) is 17.5 Å².